The molecule has 0 heterocycles. The molecule has 0 saturated heterocycles. The molecule has 40 heavy (non-hydrogen) atoms. The van der Waals surface area contributed by atoms with Gasteiger partial charge in [-0.1, -0.05) is 116 Å². The lowest BCUT2D eigenvalue weighted by Crippen LogP contribution is -2.50. The summed E-state index contributed by atoms with van der Waals surface area (Å²) in [7, 11) is 1.31. The van der Waals surface area contributed by atoms with E-state index in [1.807, 2.05) is 72.8 Å². The van der Waals surface area contributed by atoms with Crippen LogP contribution in [0.4, 0.5) is 0 Å². The van der Waals surface area contributed by atoms with Gasteiger partial charge in [0.05, 0.1) is 12.7 Å². The number of carbonyl (C=O) groups excluding carboxylic acids is 2. The van der Waals surface area contributed by atoms with Gasteiger partial charge in [-0.15, -0.1) is 0 Å². The average Bonchev–Trinajstić information content (AvgIpc) is 2.96. The molecule has 6 heteroatoms. The molecule has 1 N–H and O–H groups in total. The highest BCUT2D eigenvalue weighted by Crippen LogP contribution is 2.30. The third-order valence-electron chi connectivity index (χ3n) is 6.93. The summed E-state index contributed by atoms with van der Waals surface area (Å²) in [5.74, 6) is -0.628. The summed E-state index contributed by atoms with van der Waals surface area (Å²) in [6, 6.07) is 31.0. The molecule has 0 aliphatic carbocycles. The minimum atomic E-state index is -1.43. The predicted octanol–water partition coefficient (Wildman–Crippen LogP) is 7.81. The van der Waals surface area contributed by atoms with Crippen LogP contribution in [0.5, 0.6) is 5.75 Å². The highest BCUT2D eigenvalue weighted by Gasteiger charge is 2.39. The fourth-order valence-electron chi connectivity index (χ4n) is 4.43. The van der Waals surface area contributed by atoms with Gasteiger partial charge in [-0.2, -0.15) is 0 Å². The lowest BCUT2D eigenvalue weighted by Gasteiger charge is -2.29. The molecule has 4 aromatic carbocycles. The molecule has 4 aromatic rings. The second-order valence-corrected chi connectivity index (χ2v) is 11.8. The first-order chi connectivity index (χ1) is 19.0. The minimum Gasteiger partial charge on any atom is -0.488 e. The third kappa shape index (κ3) is 6.62. The highest BCUT2D eigenvalue weighted by molar-refractivity contribution is 9.10. The number of hydrogen-bond donors (Lipinski definition) is 1. The van der Waals surface area contributed by atoms with Gasteiger partial charge in [0.1, 0.15) is 12.4 Å². The molecule has 0 aliphatic heterocycles. The molecule has 0 bridgehead atoms. The van der Waals surface area contributed by atoms with Crippen molar-refractivity contribution in [2.24, 2.45) is 0 Å². The Morgan fingerprint density at radius 1 is 0.775 bits per heavy atom. The van der Waals surface area contributed by atoms with Crippen molar-refractivity contribution >= 4 is 27.8 Å². The normalized spacial score (nSPS) is 12.8. The van der Waals surface area contributed by atoms with E-state index in [0.717, 1.165) is 16.7 Å². The fraction of sp³-hybridized carbons (Fsp3) is 0.235. The van der Waals surface area contributed by atoms with Crippen LogP contribution in [0.15, 0.2) is 102 Å². The van der Waals surface area contributed by atoms with Crippen molar-refractivity contribution in [1.29, 1.82) is 0 Å². The summed E-state index contributed by atoms with van der Waals surface area (Å²) in [5, 5.41) is 2.91. The molecular weight excluding hydrogens is 566 g/mol. The fourth-order valence-corrected chi connectivity index (χ4v) is 4.79. The summed E-state index contributed by atoms with van der Waals surface area (Å²) in [6.07, 6.45) is 0. The maximum atomic E-state index is 13.7. The lowest BCUT2D eigenvalue weighted by molar-refractivity contribution is -0.148. The van der Waals surface area contributed by atoms with Gasteiger partial charge in [0.25, 0.3) is 5.91 Å². The van der Waals surface area contributed by atoms with E-state index in [1.165, 1.54) is 12.7 Å². The van der Waals surface area contributed by atoms with Crippen molar-refractivity contribution in [3.05, 3.63) is 124 Å². The van der Waals surface area contributed by atoms with Crippen molar-refractivity contribution < 1.29 is 19.1 Å². The summed E-state index contributed by atoms with van der Waals surface area (Å²) < 4.78 is 11.9. The standard InChI is InChI=1S/C34H34BrNO4/c1-33(2,3)26-15-11-23(12-16-26)22-40-30-20-19-28(35)21-29(30)31(37)36-34(4,32(38)39-5)27-17-13-25(14-18-27)24-9-7-6-8-10-24/h6-21H,22H2,1-5H3,(H,36,37)/t34-/m0/s1. The molecule has 206 valence electrons. The Balaban J connectivity index is 1.58. The van der Waals surface area contributed by atoms with Gasteiger partial charge < -0.3 is 14.8 Å². The zero-order valence-corrected chi connectivity index (χ0v) is 25.0. The monoisotopic (exact) mass is 599 g/mol. The second-order valence-electron chi connectivity index (χ2n) is 10.9. The van der Waals surface area contributed by atoms with Crippen molar-refractivity contribution in [1.82, 2.24) is 5.32 Å². The Hall–Kier alpha value is -3.90. The Morgan fingerprint density at radius 3 is 1.98 bits per heavy atom. The first kappa shape index (κ1) is 29.1. The van der Waals surface area contributed by atoms with Crippen LogP contribution in [0.3, 0.4) is 0 Å². The maximum Gasteiger partial charge on any atom is 0.336 e. The molecule has 0 aromatic heterocycles. The van der Waals surface area contributed by atoms with E-state index in [-0.39, 0.29) is 5.41 Å². The first-order valence-electron chi connectivity index (χ1n) is 13.1. The molecule has 0 saturated carbocycles. The van der Waals surface area contributed by atoms with Crippen LogP contribution in [0, 0.1) is 0 Å². The van der Waals surface area contributed by atoms with E-state index in [9.17, 15) is 9.59 Å². The van der Waals surface area contributed by atoms with E-state index in [1.54, 1.807) is 19.1 Å². The first-order valence-corrected chi connectivity index (χ1v) is 13.9. The molecule has 0 fully saturated rings. The van der Waals surface area contributed by atoms with Crippen LogP contribution >= 0.6 is 15.9 Å². The number of hydrogen-bond acceptors (Lipinski definition) is 4. The van der Waals surface area contributed by atoms with Gasteiger partial charge >= 0.3 is 5.97 Å². The van der Waals surface area contributed by atoms with Crippen molar-refractivity contribution in [3.8, 4) is 16.9 Å². The highest BCUT2D eigenvalue weighted by atomic mass is 79.9. The molecule has 5 nitrogen and oxygen atoms in total. The SMILES string of the molecule is COC(=O)[C@@](C)(NC(=O)c1cc(Br)ccc1OCc1ccc(C(C)(C)C)cc1)c1ccc(-c2ccccc2)cc1. The number of nitrogens with one attached hydrogen (secondary N) is 1. The van der Waals surface area contributed by atoms with Crippen LogP contribution in [0.25, 0.3) is 11.1 Å². The number of amides is 1. The number of ether oxygens (including phenoxy) is 2. The minimum absolute atomic E-state index is 0.0600. The molecule has 0 unspecified atom stereocenters. The summed E-state index contributed by atoms with van der Waals surface area (Å²) in [5.41, 5.74) is 3.82. The lowest BCUT2D eigenvalue weighted by atomic mass is 9.87. The van der Waals surface area contributed by atoms with E-state index in [0.29, 0.717) is 28.0 Å². The largest absolute Gasteiger partial charge is 0.488 e. The van der Waals surface area contributed by atoms with Crippen LogP contribution in [0.1, 0.15) is 54.7 Å². The third-order valence-corrected chi connectivity index (χ3v) is 7.42. The molecular formula is C34H34BrNO4. The number of benzene rings is 4. The number of halogens is 1. The summed E-state index contributed by atoms with van der Waals surface area (Å²) >= 11 is 3.46. The molecule has 0 radical (unpaired) electrons. The summed E-state index contributed by atoms with van der Waals surface area (Å²) in [4.78, 5) is 26.7. The molecule has 1 amide bonds. The van der Waals surface area contributed by atoms with Crippen LogP contribution in [-0.4, -0.2) is 19.0 Å². The predicted molar refractivity (Wildman–Crippen MR) is 162 cm³/mol. The number of methoxy groups -OCH3 is 1. The molecule has 0 spiro atoms. The Morgan fingerprint density at radius 2 is 1.38 bits per heavy atom. The molecule has 4 rings (SSSR count). The Kier molecular flexibility index (Phi) is 8.79. The van der Waals surface area contributed by atoms with Crippen LogP contribution in [0.2, 0.25) is 0 Å². The molecule has 1 atom stereocenters. The van der Waals surface area contributed by atoms with E-state index >= 15 is 0 Å². The van der Waals surface area contributed by atoms with E-state index in [4.69, 9.17) is 9.47 Å². The zero-order valence-electron chi connectivity index (χ0n) is 23.5. The quantitative estimate of drug-likeness (QED) is 0.210. The van der Waals surface area contributed by atoms with Crippen LogP contribution < -0.4 is 10.1 Å². The number of rotatable bonds is 8. The average molecular weight is 601 g/mol. The van der Waals surface area contributed by atoms with Gasteiger partial charge in [0, 0.05) is 4.47 Å². The number of esters is 1. The number of carbonyl (C=O) groups is 2. The zero-order chi connectivity index (χ0) is 28.9. The topological polar surface area (TPSA) is 64.6 Å². The van der Waals surface area contributed by atoms with Gasteiger partial charge in [-0.3, -0.25) is 4.79 Å². The van der Waals surface area contributed by atoms with Crippen molar-refractivity contribution in [3.63, 3.8) is 0 Å². The Bertz CT molecular complexity index is 1480. The summed E-state index contributed by atoms with van der Waals surface area (Å²) in [6.45, 7) is 8.45. The van der Waals surface area contributed by atoms with Gasteiger partial charge in [-0.25, -0.2) is 4.79 Å². The molecule has 0 aliphatic rings. The smallest absolute Gasteiger partial charge is 0.336 e. The van der Waals surface area contributed by atoms with Gasteiger partial charge in [0.15, 0.2) is 5.54 Å². The Labute approximate surface area is 244 Å². The van der Waals surface area contributed by atoms with Crippen LogP contribution in [-0.2, 0) is 27.1 Å². The van der Waals surface area contributed by atoms with Gasteiger partial charge in [-0.05, 0) is 58.4 Å². The van der Waals surface area contributed by atoms with E-state index < -0.39 is 17.4 Å². The second kappa shape index (κ2) is 12.1. The van der Waals surface area contributed by atoms with Crippen molar-refractivity contribution in [2.75, 3.05) is 7.11 Å². The van der Waals surface area contributed by atoms with Gasteiger partial charge in [0.2, 0.25) is 0 Å². The maximum absolute atomic E-state index is 13.7. The van der Waals surface area contributed by atoms with E-state index in [2.05, 4.69) is 54.2 Å². The van der Waals surface area contributed by atoms with Crippen molar-refractivity contribution in [2.45, 2.75) is 45.3 Å².